The van der Waals surface area contributed by atoms with Crippen molar-refractivity contribution in [3.05, 3.63) is 47.2 Å². The van der Waals surface area contributed by atoms with Crippen molar-refractivity contribution < 1.29 is 0 Å². The summed E-state index contributed by atoms with van der Waals surface area (Å²) >= 11 is 3.39. The molecule has 1 aromatic carbocycles. The predicted octanol–water partition coefficient (Wildman–Crippen LogP) is 2.77. The van der Waals surface area contributed by atoms with E-state index in [4.69, 9.17) is 5.73 Å². The van der Waals surface area contributed by atoms with Crippen LogP contribution in [0.25, 0.3) is 16.7 Å². The molecular weight excluding hydrogens is 280 g/mol. The molecule has 0 amide bonds. The number of halogens is 1. The topological polar surface area (TPSA) is 56.7 Å². The first-order valence-electron chi connectivity index (χ1n) is 5.09. The maximum atomic E-state index is 5.75. The zero-order valence-electron chi connectivity index (χ0n) is 8.84. The zero-order valence-corrected chi connectivity index (χ0v) is 10.4. The first-order valence-corrected chi connectivity index (χ1v) is 5.88. The van der Waals surface area contributed by atoms with E-state index in [1.54, 1.807) is 10.9 Å². The highest BCUT2D eigenvalue weighted by Gasteiger charge is 2.04. The summed E-state index contributed by atoms with van der Waals surface area (Å²) in [6, 6.07) is 9.57. The van der Waals surface area contributed by atoms with E-state index in [2.05, 4.69) is 26.0 Å². The van der Waals surface area contributed by atoms with E-state index in [0.717, 1.165) is 26.9 Å². The van der Waals surface area contributed by atoms with Gasteiger partial charge >= 0.3 is 0 Å². The quantitative estimate of drug-likeness (QED) is 0.701. The zero-order chi connectivity index (χ0) is 11.8. The molecule has 3 rings (SSSR count). The highest BCUT2D eigenvalue weighted by atomic mass is 79.9. The second-order valence-corrected chi connectivity index (χ2v) is 4.65. The fourth-order valence-corrected chi connectivity index (χ4v) is 2.04. The number of nitrogens with two attached hydrogens (primary N) is 1. The summed E-state index contributed by atoms with van der Waals surface area (Å²) in [7, 11) is 0. The lowest BCUT2D eigenvalue weighted by molar-refractivity contribution is 0.890. The molecule has 2 heterocycles. The Morgan fingerprint density at radius 2 is 2.12 bits per heavy atom. The lowest BCUT2D eigenvalue weighted by Crippen LogP contribution is -1.95. The van der Waals surface area contributed by atoms with Crippen molar-refractivity contribution in [1.29, 1.82) is 0 Å². The Kier molecular flexibility index (Phi) is 2.33. The Hall–Kier alpha value is -1.88. The van der Waals surface area contributed by atoms with Crippen molar-refractivity contribution >= 4 is 32.7 Å². The fraction of sp³-hybridized carbons (Fsp3) is 0. The molecule has 0 saturated heterocycles. The number of rotatable bonds is 1. The number of hydrogen-bond acceptors (Lipinski definition) is 3. The van der Waals surface area contributed by atoms with E-state index in [0.29, 0.717) is 0 Å². The van der Waals surface area contributed by atoms with Crippen LogP contribution in [0.15, 0.2) is 47.2 Å². The number of benzene rings is 1. The molecule has 0 saturated carbocycles. The Bertz CT molecular complexity index is 690. The van der Waals surface area contributed by atoms with Gasteiger partial charge in [-0.2, -0.15) is 0 Å². The summed E-state index contributed by atoms with van der Waals surface area (Å²) < 4.78 is 2.72. The van der Waals surface area contributed by atoms with Crippen LogP contribution in [-0.4, -0.2) is 14.8 Å². The number of fused-ring (bicyclic) bond motifs is 1. The number of nitrogen functional groups attached to an aromatic ring is 1. The Balaban J connectivity index is 2.18. The van der Waals surface area contributed by atoms with Gasteiger partial charge in [-0.15, -0.1) is 5.10 Å². The molecule has 0 aliphatic carbocycles. The smallest absolute Gasteiger partial charge is 0.181 e. The Morgan fingerprint density at radius 1 is 1.24 bits per heavy atom. The SMILES string of the molecule is Nc1cccc(-n2cc3cc(Br)cnc3n2)c1. The van der Waals surface area contributed by atoms with Gasteiger partial charge in [0.15, 0.2) is 5.65 Å². The van der Waals surface area contributed by atoms with E-state index < -0.39 is 0 Å². The van der Waals surface area contributed by atoms with Gasteiger partial charge in [-0.05, 0) is 40.2 Å². The Labute approximate surface area is 106 Å². The van der Waals surface area contributed by atoms with Crippen LogP contribution in [0.4, 0.5) is 5.69 Å². The number of pyridine rings is 1. The molecule has 0 radical (unpaired) electrons. The monoisotopic (exact) mass is 288 g/mol. The van der Waals surface area contributed by atoms with E-state index >= 15 is 0 Å². The van der Waals surface area contributed by atoms with Gasteiger partial charge in [-0.25, -0.2) is 9.67 Å². The van der Waals surface area contributed by atoms with Crippen LogP contribution in [-0.2, 0) is 0 Å². The van der Waals surface area contributed by atoms with Gasteiger partial charge in [0.25, 0.3) is 0 Å². The van der Waals surface area contributed by atoms with Gasteiger partial charge in [0.2, 0.25) is 0 Å². The summed E-state index contributed by atoms with van der Waals surface area (Å²) in [6.45, 7) is 0. The van der Waals surface area contributed by atoms with E-state index in [1.165, 1.54) is 0 Å². The molecule has 0 bridgehead atoms. The number of nitrogens with zero attached hydrogens (tertiary/aromatic N) is 3. The number of anilines is 1. The summed E-state index contributed by atoms with van der Waals surface area (Å²) in [5, 5.41) is 5.38. The van der Waals surface area contributed by atoms with Crippen molar-refractivity contribution in [3.63, 3.8) is 0 Å². The minimum atomic E-state index is 0.718. The fourth-order valence-electron chi connectivity index (χ4n) is 1.69. The minimum absolute atomic E-state index is 0.718. The largest absolute Gasteiger partial charge is 0.399 e. The molecule has 0 aliphatic rings. The average Bonchev–Trinajstić information content (AvgIpc) is 2.72. The van der Waals surface area contributed by atoms with Gasteiger partial charge < -0.3 is 5.73 Å². The molecule has 0 aliphatic heterocycles. The van der Waals surface area contributed by atoms with Crippen molar-refractivity contribution in [2.75, 3.05) is 5.73 Å². The highest BCUT2D eigenvalue weighted by molar-refractivity contribution is 9.10. The normalized spacial score (nSPS) is 10.9. The maximum Gasteiger partial charge on any atom is 0.181 e. The third-order valence-corrected chi connectivity index (χ3v) is 2.89. The third-order valence-electron chi connectivity index (χ3n) is 2.46. The molecule has 84 valence electrons. The van der Waals surface area contributed by atoms with Crippen LogP contribution < -0.4 is 5.73 Å². The molecule has 2 N–H and O–H groups in total. The van der Waals surface area contributed by atoms with Gasteiger partial charge in [0.05, 0.1) is 5.69 Å². The van der Waals surface area contributed by atoms with Gasteiger partial charge in [0.1, 0.15) is 0 Å². The highest BCUT2D eigenvalue weighted by Crippen LogP contribution is 2.18. The van der Waals surface area contributed by atoms with Crippen LogP contribution in [0.2, 0.25) is 0 Å². The summed E-state index contributed by atoms with van der Waals surface area (Å²) in [5.74, 6) is 0. The second-order valence-electron chi connectivity index (χ2n) is 3.74. The van der Waals surface area contributed by atoms with E-state index in [9.17, 15) is 0 Å². The molecule has 5 heteroatoms. The molecule has 0 fully saturated rings. The van der Waals surface area contributed by atoms with E-state index in [-0.39, 0.29) is 0 Å². The lowest BCUT2D eigenvalue weighted by atomic mass is 10.3. The summed E-state index contributed by atoms with van der Waals surface area (Å²) in [5.41, 5.74) is 8.12. The molecule has 0 spiro atoms. The number of aromatic nitrogens is 3. The third kappa shape index (κ3) is 1.89. The number of hydrogen-bond donors (Lipinski definition) is 1. The molecule has 0 unspecified atom stereocenters. The predicted molar refractivity (Wildman–Crippen MR) is 71.0 cm³/mol. The Morgan fingerprint density at radius 3 is 2.94 bits per heavy atom. The molecule has 4 nitrogen and oxygen atoms in total. The first kappa shape index (κ1) is 10.3. The first-order chi connectivity index (χ1) is 8.22. The van der Waals surface area contributed by atoms with Gasteiger partial charge in [0, 0.05) is 27.9 Å². The molecule has 17 heavy (non-hydrogen) atoms. The standard InChI is InChI=1S/C12H9BrN4/c13-9-4-8-7-17(16-12(8)15-6-9)11-3-1-2-10(14)5-11/h1-7H,14H2. The summed E-state index contributed by atoms with van der Waals surface area (Å²) in [4.78, 5) is 4.24. The molecule has 0 atom stereocenters. The van der Waals surface area contributed by atoms with Crippen molar-refractivity contribution in [2.45, 2.75) is 0 Å². The second kappa shape index (κ2) is 3.85. The minimum Gasteiger partial charge on any atom is -0.399 e. The lowest BCUT2D eigenvalue weighted by Gasteiger charge is -2.00. The van der Waals surface area contributed by atoms with Crippen LogP contribution in [0, 0.1) is 0 Å². The van der Waals surface area contributed by atoms with Crippen molar-refractivity contribution in [3.8, 4) is 5.69 Å². The van der Waals surface area contributed by atoms with Gasteiger partial charge in [-0.3, -0.25) is 0 Å². The average molecular weight is 289 g/mol. The van der Waals surface area contributed by atoms with E-state index in [1.807, 2.05) is 36.5 Å². The maximum absolute atomic E-state index is 5.75. The van der Waals surface area contributed by atoms with Crippen LogP contribution >= 0.6 is 15.9 Å². The molecular formula is C12H9BrN4. The van der Waals surface area contributed by atoms with Gasteiger partial charge in [-0.1, -0.05) is 6.07 Å². The van der Waals surface area contributed by atoms with Crippen molar-refractivity contribution in [1.82, 2.24) is 14.8 Å². The van der Waals surface area contributed by atoms with Crippen LogP contribution in [0.3, 0.4) is 0 Å². The van der Waals surface area contributed by atoms with Crippen molar-refractivity contribution in [2.24, 2.45) is 0 Å². The summed E-state index contributed by atoms with van der Waals surface area (Å²) in [6.07, 6.45) is 3.67. The van der Waals surface area contributed by atoms with Crippen LogP contribution in [0.5, 0.6) is 0 Å². The molecule has 3 aromatic rings. The molecule has 2 aromatic heterocycles. The van der Waals surface area contributed by atoms with Crippen LogP contribution in [0.1, 0.15) is 0 Å².